The van der Waals surface area contributed by atoms with Crippen LogP contribution in [-0.4, -0.2) is 43.7 Å². The van der Waals surface area contributed by atoms with Gasteiger partial charge in [-0.2, -0.15) is 0 Å². The van der Waals surface area contributed by atoms with E-state index in [1.807, 2.05) is 13.0 Å². The van der Waals surface area contributed by atoms with Gasteiger partial charge in [-0.3, -0.25) is 15.6 Å². The summed E-state index contributed by atoms with van der Waals surface area (Å²) in [6.45, 7) is 15.0. The van der Waals surface area contributed by atoms with Crippen molar-refractivity contribution in [1.29, 1.82) is 0 Å². The maximum absolute atomic E-state index is 13.5. The third kappa shape index (κ3) is 5.64. The van der Waals surface area contributed by atoms with Gasteiger partial charge in [0.2, 0.25) is 20.8 Å². The zero-order valence-corrected chi connectivity index (χ0v) is 25.1. The molecular formula is C27H39N5O4SSi. The predicted octanol–water partition coefficient (Wildman–Crippen LogP) is 5.37. The molecule has 38 heavy (non-hydrogen) atoms. The van der Waals surface area contributed by atoms with Crippen LogP contribution in [0.15, 0.2) is 46.5 Å². The van der Waals surface area contributed by atoms with E-state index in [1.165, 1.54) is 6.07 Å². The number of fused-ring (bicyclic) bond motifs is 1. The molecule has 1 fully saturated rings. The number of hydrazine groups is 1. The molecule has 1 saturated carbocycles. The molecule has 3 N–H and O–H groups in total. The second kappa shape index (κ2) is 10.4. The van der Waals surface area contributed by atoms with E-state index in [0.29, 0.717) is 17.6 Å². The van der Waals surface area contributed by atoms with Crippen molar-refractivity contribution in [2.45, 2.75) is 88.0 Å². The number of amides is 1. The number of aromatic amines is 1. The summed E-state index contributed by atoms with van der Waals surface area (Å²) in [7, 11) is -5.98. The first-order chi connectivity index (χ1) is 17.7. The molecule has 0 spiro atoms. The molecule has 1 aliphatic carbocycles. The Morgan fingerprint density at radius 1 is 1.18 bits per heavy atom. The van der Waals surface area contributed by atoms with Crippen molar-refractivity contribution in [3.8, 4) is 0 Å². The zero-order valence-electron chi connectivity index (χ0n) is 23.3. The Bertz CT molecular complexity index is 1430. The Kier molecular flexibility index (Phi) is 7.75. The highest BCUT2D eigenvalue weighted by Crippen LogP contribution is 2.43. The summed E-state index contributed by atoms with van der Waals surface area (Å²) in [4.78, 5) is 25.2. The Morgan fingerprint density at radius 3 is 2.58 bits per heavy atom. The first-order valence-corrected chi connectivity index (χ1v) is 17.5. The van der Waals surface area contributed by atoms with Crippen molar-refractivity contribution in [2.24, 2.45) is 11.8 Å². The fourth-order valence-corrected chi connectivity index (χ4v) is 7.53. The van der Waals surface area contributed by atoms with Gasteiger partial charge < -0.3 is 9.41 Å². The van der Waals surface area contributed by atoms with Crippen LogP contribution in [0, 0.1) is 18.8 Å². The molecule has 0 bridgehead atoms. The molecule has 0 saturated heterocycles. The van der Waals surface area contributed by atoms with Crippen molar-refractivity contribution in [3.63, 3.8) is 0 Å². The zero-order chi connectivity index (χ0) is 27.9. The number of rotatable bonds is 8. The lowest BCUT2D eigenvalue weighted by molar-refractivity contribution is -0.125. The van der Waals surface area contributed by atoms with Crippen LogP contribution in [0.25, 0.3) is 11.2 Å². The highest BCUT2D eigenvalue weighted by molar-refractivity contribution is 7.91. The van der Waals surface area contributed by atoms with Crippen LogP contribution in [0.2, 0.25) is 18.1 Å². The van der Waals surface area contributed by atoms with E-state index in [1.54, 1.807) is 24.4 Å². The molecule has 0 unspecified atom stereocenters. The first kappa shape index (κ1) is 28.3. The van der Waals surface area contributed by atoms with Crippen LogP contribution < -0.4 is 10.9 Å². The molecule has 206 valence electrons. The number of benzene rings is 1. The number of aromatic nitrogens is 3. The molecule has 1 aromatic carbocycles. The van der Waals surface area contributed by atoms with E-state index >= 15 is 0 Å². The maximum Gasteiger partial charge on any atom is 0.241 e. The number of nitrogens with zero attached hydrogens (tertiary/aromatic N) is 2. The highest BCUT2D eigenvalue weighted by Gasteiger charge is 2.44. The number of hydrogen-bond donors (Lipinski definition) is 3. The van der Waals surface area contributed by atoms with Gasteiger partial charge in [-0.15, -0.1) is 0 Å². The van der Waals surface area contributed by atoms with Crippen LogP contribution in [0.3, 0.4) is 0 Å². The van der Waals surface area contributed by atoms with Crippen molar-refractivity contribution in [1.82, 2.24) is 20.4 Å². The number of aryl methyl sites for hydroxylation is 1. The Hall–Kier alpha value is -2.76. The minimum atomic E-state index is -4.01. The number of hydrogen-bond acceptors (Lipinski definition) is 7. The molecule has 4 rings (SSSR count). The van der Waals surface area contributed by atoms with Crippen LogP contribution in [0.1, 0.15) is 52.5 Å². The monoisotopic (exact) mass is 557 g/mol. The fraction of sp³-hybridized carbons (Fsp3) is 0.519. The highest BCUT2D eigenvalue weighted by atomic mass is 32.2. The molecule has 1 amide bonds. The van der Waals surface area contributed by atoms with Gasteiger partial charge in [-0.1, -0.05) is 46.2 Å². The predicted molar refractivity (Wildman–Crippen MR) is 151 cm³/mol. The number of sulfone groups is 1. The van der Waals surface area contributed by atoms with Gasteiger partial charge in [-0.25, -0.2) is 18.4 Å². The van der Waals surface area contributed by atoms with E-state index in [2.05, 4.69) is 66.6 Å². The van der Waals surface area contributed by atoms with Crippen molar-refractivity contribution < 1.29 is 17.6 Å². The summed E-state index contributed by atoms with van der Waals surface area (Å²) in [5.41, 5.74) is 7.18. The lowest BCUT2D eigenvalue weighted by Crippen LogP contribution is -2.43. The van der Waals surface area contributed by atoms with E-state index in [4.69, 9.17) is 4.43 Å². The Labute approximate surface area is 226 Å². The van der Waals surface area contributed by atoms with Gasteiger partial charge in [0, 0.05) is 18.2 Å². The summed E-state index contributed by atoms with van der Waals surface area (Å²) in [5, 5.41) is -0.165. The van der Waals surface area contributed by atoms with E-state index < -0.39 is 18.2 Å². The molecule has 0 radical (unpaired) electrons. The molecule has 9 nitrogen and oxygen atoms in total. The van der Waals surface area contributed by atoms with Crippen LogP contribution >= 0.6 is 0 Å². The second-order valence-electron chi connectivity index (χ2n) is 11.8. The number of H-pyrrole nitrogens is 1. The minimum Gasteiger partial charge on any atom is -0.414 e. The number of carbonyl (C=O) groups excluding carboxylic acids is 1. The summed E-state index contributed by atoms with van der Waals surface area (Å²) < 4.78 is 33.7. The fourth-order valence-electron chi connectivity index (χ4n) is 4.77. The van der Waals surface area contributed by atoms with Crippen LogP contribution in [-0.2, 0) is 19.1 Å². The standard InChI is InChI=1S/C27H39N5O4SSi/c1-8-18-15-19(36-38(6,7)27(3,4)5)16-21(18)25(33)32-31-24-26(30-23-22(29-24)12-13-28-23)37(34,35)20-11-9-10-17(2)14-20/h9-14,18-19,21H,8,15-16H2,1-7H3,(H,28,30)(H,29,31)(H,32,33)/t18-,19+,21+/m1/s1. The van der Waals surface area contributed by atoms with Crippen LogP contribution in [0.4, 0.5) is 5.82 Å². The lowest BCUT2D eigenvalue weighted by atomic mass is 9.93. The average molecular weight is 558 g/mol. The maximum atomic E-state index is 13.5. The van der Waals surface area contributed by atoms with Gasteiger partial charge in [-0.05, 0) is 67.6 Å². The van der Waals surface area contributed by atoms with Gasteiger partial charge in [0.05, 0.1) is 4.90 Å². The molecular weight excluding hydrogens is 518 g/mol. The molecule has 3 atom stereocenters. The lowest BCUT2D eigenvalue weighted by Gasteiger charge is -2.38. The third-order valence-electron chi connectivity index (χ3n) is 7.99. The van der Waals surface area contributed by atoms with E-state index in [-0.39, 0.29) is 44.6 Å². The average Bonchev–Trinajstić information content (AvgIpc) is 3.47. The Morgan fingerprint density at radius 2 is 1.92 bits per heavy atom. The largest absolute Gasteiger partial charge is 0.414 e. The molecule has 3 aromatic rings. The quantitative estimate of drug-likeness (QED) is 0.251. The van der Waals surface area contributed by atoms with Gasteiger partial charge in [0.1, 0.15) is 5.52 Å². The topological polar surface area (TPSA) is 126 Å². The van der Waals surface area contributed by atoms with Gasteiger partial charge >= 0.3 is 0 Å². The Balaban J connectivity index is 1.56. The van der Waals surface area contributed by atoms with Gasteiger partial charge in [0.25, 0.3) is 0 Å². The summed E-state index contributed by atoms with van der Waals surface area (Å²) in [6.07, 6.45) is 4.00. The third-order valence-corrected chi connectivity index (χ3v) is 14.2. The normalized spacial score (nSPS) is 20.6. The summed E-state index contributed by atoms with van der Waals surface area (Å²) in [6, 6.07) is 8.33. The minimum absolute atomic E-state index is 0.0212. The van der Waals surface area contributed by atoms with E-state index in [0.717, 1.165) is 18.4 Å². The number of nitrogens with one attached hydrogen (secondary N) is 3. The summed E-state index contributed by atoms with van der Waals surface area (Å²) >= 11 is 0. The molecule has 2 heterocycles. The van der Waals surface area contributed by atoms with Crippen molar-refractivity contribution in [3.05, 3.63) is 42.1 Å². The second-order valence-corrected chi connectivity index (χ2v) is 18.4. The molecule has 0 aliphatic heterocycles. The number of anilines is 1. The van der Waals surface area contributed by atoms with Gasteiger partial charge in [0.15, 0.2) is 19.8 Å². The molecule has 11 heteroatoms. The van der Waals surface area contributed by atoms with E-state index in [9.17, 15) is 13.2 Å². The smallest absolute Gasteiger partial charge is 0.241 e. The molecule has 2 aromatic heterocycles. The van der Waals surface area contributed by atoms with Crippen LogP contribution in [0.5, 0.6) is 0 Å². The summed E-state index contributed by atoms with van der Waals surface area (Å²) in [5.74, 6) is -0.288. The van der Waals surface area contributed by atoms with Crippen molar-refractivity contribution >= 4 is 41.0 Å². The SMILES string of the molecule is CC[C@@H]1C[C@H](O[Si](C)(C)C(C)(C)C)C[C@@H]1C(=O)NNc1nc2cc[nH]c2nc1S(=O)(=O)c1cccc(C)c1. The van der Waals surface area contributed by atoms with Crippen molar-refractivity contribution in [2.75, 3.05) is 5.43 Å². The molecule has 1 aliphatic rings. The number of carbonyl (C=O) groups is 1. The first-order valence-electron chi connectivity index (χ1n) is 13.1.